The number of benzene rings is 1. The molecule has 0 radical (unpaired) electrons. The standard InChI is InChI=1S/C11H10N4O4/c12-4-6-5-15(14-13-6)8-3-1-2-7(10(16)17)9(8)11(18)19/h1-3,5H,4,12H2,(H,16,17)(H,18,19). The van der Waals surface area contributed by atoms with Crippen molar-refractivity contribution in [3.05, 3.63) is 41.2 Å². The minimum absolute atomic E-state index is 0.125. The molecule has 0 atom stereocenters. The second-order valence-electron chi connectivity index (χ2n) is 3.67. The van der Waals surface area contributed by atoms with Gasteiger partial charge in [-0.1, -0.05) is 11.3 Å². The fourth-order valence-electron chi connectivity index (χ4n) is 1.64. The van der Waals surface area contributed by atoms with E-state index in [1.807, 2.05) is 0 Å². The van der Waals surface area contributed by atoms with Gasteiger partial charge in [-0.05, 0) is 12.1 Å². The zero-order valence-electron chi connectivity index (χ0n) is 9.65. The maximum absolute atomic E-state index is 11.2. The van der Waals surface area contributed by atoms with Crippen LogP contribution in [0.25, 0.3) is 5.69 Å². The first kappa shape index (κ1) is 12.7. The molecule has 0 fully saturated rings. The molecule has 0 aliphatic heterocycles. The first-order valence-electron chi connectivity index (χ1n) is 5.26. The van der Waals surface area contributed by atoms with Gasteiger partial charge in [-0.25, -0.2) is 14.3 Å². The van der Waals surface area contributed by atoms with E-state index in [1.54, 1.807) is 0 Å². The van der Waals surface area contributed by atoms with E-state index in [0.717, 1.165) is 0 Å². The molecule has 98 valence electrons. The molecule has 0 unspecified atom stereocenters. The van der Waals surface area contributed by atoms with E-state index in [-0.39, 0.29) is 23.4 Å². The lowest BCUT2D eigenvalue weighted by Crippen LogP contribution is -2.13. The van der Waals surface area contributed by atoms with Gasteiger partial charge in [0, 0.05) is 6.54 Å². The highest BCUT2D eigenvalue weighted by Gasteiger charge is 2.21. The molecule has 0 spiro atoms. The van der Waals surface area contributed by atoms with Crippen molar-refractivity contribution in [2.45, 2.75) is 6.54 Å². The molecule has 0 saturated carbocycles. The van der Waals surface area contributed by atoms with Crippen LogP contribution < -0.4 is 5.73 Å². The summed E-state index contributed by atoms with van der Waals surface area (Å²) in [5.74, 6) is -2.67. The van der Waals surface area contributed by atoms with Crippen molar-refractivity contribution in [1.29, 1.82) is 0 Å². The van der Waals surface area contributed by atoms with Crippen molar-refractivity contribution in [1.82, 2.24) is 15.0 Å². The molecule has 2 aromatic rings. The monoisotopic (exact) mass is 262 g/mol. The second kappa shape index (κ2) is 4.86. The van der Waals surface area contributed by atoms with Gasteiger partial charge in [-0.15, -0.1) is 5.10 Å². The molecule has 0 aliphatic carbocycles. The largest absolute Gasteiger partial charge is 0.478 e. The summed E-state index contributed by atoms with van der Waals surface area (Å²) in [6.07, 6.45) is 1.45. The Kier molecular flexibility index (Phi) is 3.25. The van der Waals surface area contributed by atoms with Gasteiger partial charge < -0.3 is 15.9 Å². The average molecular weight is 262 g/mol. The van der Waals surface area contributed by atoms with Crippen LogP contribution in [0.5, 0.6) is 0 Å². The van der Waals surface area contributed by atoms with Crippen molar-refractivity contribution in [3.63, 3.8) is 0 Å². The first-order valence-corrected chi connectivity index (χ1v) is 5.26. The third kappa shape index (κ3) is 2.29. The predicted molar refractivity (Wildman–Crippen MR) is 63.2 cm³/mol. The summed E-state index contributed by atoms with van der Waals surface area (Å²) in [6.45, 7) is 0.154. The summed E-state index contributed by atoms with van der Waals surface area (Å²) >= 11 is 0. The normalized spacial score (nSPS) is 10.4. The Morgan fingerprint density at radius 1 is 1.26 bits per heavy atom. The highest BCUT2D eigenvalue weighted by molar-refractivity contribution is 6.04. The molecule has 0 amide bonds. The second-order valence-corrected chi connectivity index (χ2v) is 3.67. The van der Waals surface area contributed by atoms with Crippen LogP contribution in [-0.2, 0) is 6.54 Å². The Morgan fingerprint density at radius 2 is 2.00 bits per heavy atom. The number of nitrogens with zero attached hydrogens (tertiary/aromatic N) is 3. The summed E-state index contributed by atoms with van der Waals surface area (Å²) in [6, 6.07) is 4.11. The molecule has 4 N–H and O–H groups in total. The van der Waals surface area contributed by atoms with Crippen molar-refractivity contribution in [2.24, 2.45) is 5.73 Å². The van der Waals surface area contributed by atoms with E-state index < -0.39 is 11.9 Å². The van der Waals surface area contributed by atoms with Gasteiger partial charge in [0.25, 0.3) is 0 Å². The number of carboxylic acid groups (broad SMARTS) is 2. The number of carbonyl (C=O) groups is 2. The van der Waals surface area contributed by atoms with Gasteiger partial charge in [0.15, 0.2) is 0 Å². The summed E-state index contributed by atoms with van der Waals surface area (Å²) in [7, 11) is 0. The van der Waals surface area contributed by atoms with E-state index in [1.165, 1.54) is 29.1 Å². The van der Waals surface area contributed by atoms with Crippen LogP contribution in [0.15, 0.2) is 24.4 Å². The lowest BCUT2D eigenvalue weighted by Gasteiger charge is -2.07. The molecule has 1 aromatic heterocycles. The summed E-state index contributed by atoms with van der Waals surface area (Å²) in [5.41, 5.74) is 5.33. The molecule has 1 aromatic carbocycles. The highest BCUT2D eigenvalue weighted by Crippen LogP contribution is 2.19. The minimum atomic E-state index is -1.35. The Balaban J connectivity index is 2.66. The number of aromatic carboxylic acids is 2. The molecule has 1 heterocycles. The Morgan fingerprint density at radius 3 is 2.53 bits per heavy atom. The molecule has 0 saturated heterocycles. The van der Waals surface area contributed by atoms with Crippen molar-refractivity contribution in [2.75, 3.05) is 0 Å². The third-order valence-electron chi connectivity index (χ3n) is 2.48. The molecule has 19 heavy (non-hydrogen) atoms. The molecular weight excluding hydrogens is 252 g/mol. The summed E-state index contributed by atoms with van der Waals surface area (Å²) in [4.78, 5) is 22.3. The third-order valence-corrected chi connectivity index (χ3v) is 2.48. The molecule has 2 rings (SSSR count). The van der Waals surface area contributed by atoms with Crippen LogP contribution in [0, 0.1) is 0 Å². The van der Waals surface area contributed by atoms with Crippen LogP contribution in [0.2, 0.25) is 0 Å². The zero-order chi connectivity index (χ0) is 14.0. The highest BCUT2D eigenvalue weighted by atomic mass is 16.4. The molecule has 8 nitrogen and oxygen atoms in total. The Bertz CT molecular complexity index is 650. The molecule has 0 aliphatic rings. The van der Waals surface area contributed by atoms with Gasteiger partial charge in [0.1, 0.15) is 0 Å². The summed E-state index contributed by atoms with van der Waals surface area (Å²) < 4.78 is 1.19. The van der Waals surface area contributed by atoms with Crippen LogP contribution >= 0.6 is 0 Å². The molecule has 8 heteroatoms. The van der Waals surface area contributed by atoms with E-state index in [4.69, 9.17) is 10.8 Å². The fourth-order valence-corrected chi connectivity index (χ4v) is 1.64. The van der Waals surface area contributed by atoms with Crippen LogP contribution in [0.1, 0.15) is 26.4 Å². The fraction of sp³-hybridized carbons (Fsp3) is 0.0909. The van der Waals surface area contributed by atoms with E-state index in [2.05, 4.69) is 10.3 Å². The number of aromatic nitrogens is 3. The van der Waals surface area contributed by atoms with Crippen molar-refractivity contribution in [3.8, 4) is 5.69 Å². The number of nitrogens with two attached hydrogens (primary N) is 1. The summed E-state index contributed by atoms with van der Waals surface area (Å²) in [5, 5.41) is 25.6. The van der Waals surface area contributed by atoms with Crippen LogP contribution in [0.4, 0.5) is 0 Å². The quantitative estimate of drug-likeness (QED) is 0.713. The van der Waals surface area contributed by atoms with Gasteiger partial charge in [-0.2, -0.15) is 0 Å². The van der Waals surface area contributed by atoms with Crippen LogP contribution in [0.3, 0.4) is 0 Å². The average Bonchev–Trinajstić information content (AvgIpc) is 2.86. The number of hydrogen-bond donors (Lipinski definition) is 3. The van der Waals surface area contributed by atoms with Gasteiger partial charge in [0.2, 0.25) is 0 Å². The lowest BCUT2D eigenvalue weighted by molar-refractivity contribution is 0.0651. The molecular formula is C11H10N4O4. The maximum atomic E-state index is 11.2. The van der Waals surface area contributed by atoms with Gasteiger partial charge in [-0.3, -0.25) is 0 Å². The van der Waals surface area contributed by atoms with Crippen molar-refractivity contribution < 1.29 is 19.8 Å². The van der Waals surface area contributed by atoms with E-state index in [0.29, 0.717) is 5.69 Å². The first-order chi connectivity index (χ1) is 9.04. The number of rotatable bonds is 4. The Labute approximate surface area is 107 Å². The van der Waals surface area contributed by atoms with E-state index >= 15 is 0 Å². The van der Waals surface area contributed by atoms with Crippen LogP contribution in [-0.4, -0.2) is 37.1 Å². The molecule has 0 bridgehead atoms. The smallest absolute Gasteiger partial charge is 0.338 e. The number of carboxylic acids is 2. The SMILES string of the molecule is NCc1cn(-c2cccc(C(=O)O)c2C(=O)O)nn1. The maximum Gasteiger partial charge on any atom is 0.338 e. The van der Waals surface area contributed by atoms with Crippen molar-refractivity contribution >= 4 is 11.9 Å². The predicted octanol–water partition coefficient (Wildman–Crippen LogP) is 0.122. The topological polar surface area (TPSA) is 131 Å². The zero-order valence-corrected chi connectivity index (χ0v) is 9.65. The van der Waals surface area contributed by atoms with Gasteiger partial charge in [0.05, 0.1) is 28.7 Å². The Hall–Kier alpha value is -2.74. The number of hydrogen-bond acceptors (Lipinski definition) is 5. The lowest BCUT2D eigenvalue weighted by atomic mass is 10.1. The van der Waals surface area contributed by atoms with Gasteiger partial charge >= 0.3 is 11.9 Å². The minimum Gasteiger partial charge on any atom is -0.478 e. The van der Waals surface area contributed by atoms with E-state index in [9.17, 15) is 14.7 Å².